The quantitative estimate of drug-likeness (QED) is 0.181. The van der Waals surface area contributed by atoms with Crippen molar-refractivity contribution in [1.29, 1.82) is 0 Å². The lowest BCUT2D eigenvalue weighted by Gasteiger charge is -2.28. The van der Waals surface area contributed by atoms with E-state index < -0.39 is 101 Å². The van der Waals surface area contributed by atoms with Crippen molar-refractivity contribution in [3.8, 4) is 67.5 Å². The number of hydrogen-bond acceptors (Lipinski definition) is 3. The number of phenolic OH excluding ortho intramolecular Hbond substituents is 1. The van der Waals surface area contributed by atoms with Crippen LogP contribution in [0.15, 0.2) is 139 Å². The molecule has 0 aliphatic heterocycles. The van der Waals surface area contributed by atoms with Crippen molar-refractivity contribution in [2.45, 2.75) is 131 Å². The van der Waals surface area contributed by atoms with Crippen LogP contribution in [0.4, 0.5) is 0 Å². The Morgan fingerprint density at radius 1 is 0.500 bits per heavy atom. The average molecular weight is 888 g/mol. The van der Waals surface area contributed by atoms with Crippen LogP contribution >= 0.6 is 0 Å². The normalized spacial score (nSPS) is 16.9. The lowest BCUT2D eigenvalue weighted by atomic mass is 9.78. The van der Waals surface area contributed by atoms with Gasteiger partial charge in [-0.1, -0.05) is 188 Å². The van der Waals surface area contributed by atoms with E-state index in [2.05, 4.69) is 108 Å². The number of hydrogen-bond donors (Lipinski definition) is 1. The largest absolute Gasteiger partial charge is 0.507 e. The van der Waals surface area contributed by atoms with Gasteiger partial charge in [-0.3, -0.25) is 9.55 Å². The highest BCUT2D eigenvalue weighted by molar-refractivity contribution is 5.97. The number of aromatic hydroxyl groups is 1. The smallest absolute Gasteiger partial charge is 0.149 e. The number of aromatic nitrogens is 3. The van der Waals surface area contributed by atoms with Gasteiger partial charge in [-0.05, 0) is 126 Å². The summed E-state index contributed by atoms with van der Waals surface area (Å²) in [5.41, 5.74) is 0.982. The van der Waals surface area contributed by atoms with E-state index in [9.17, 15) is 9.22 Å². The fourth-order valence-corrected chi connectivity index (χ4v) is 8.27. The van der Waals surface area contributed by atoms with Crippen LogP contribution < -0.4 is 0 Å². The number of pyridine rings is 1. The molecule has 0 spiro atoms. The maximum absolute atomic E-state index is 12.6. The predicted octanol–water partition coefficient (Wildman–Crippen LogP) is 16.9. The van der Waals surface area contributed by atoms with E-state index in [1.807, 2.05) is 69.3 Å². The highest BCUT2D eigenvalue weighted by Crippen LogP contribution is 2.46. The second-order valence-corrected chi connectivity index (χ2v) is 21.5. The summed E-state index contributed by atoms with van der Waals surface area (Å²) in [7, 11) is 0. The van der Waals surface area contributed by atoms with Crippen LogP contribution in [0.2, 0.25) is 0 Å². The SMILES string of the molecule is [2H]c1nc(-c2cc(-c3cccc4c3nc(-c3cc(C(C)(C)C)cc(C(C)(C)C)c3O)n4-c3ccc(-c4ccccc4)cc3C(C)(C)C)cc(C(C)(C)C)c2)c([2H])c(-c2c([2H])c([2H])c(C(C([2H])([2H])[2H])(C([2H])([2H])[2H])C([2H])([2H])[2H])c([2H])c2[2H])c1[2H]. The number of phenols is 1. The Morgan fingerprint density at radius 3 is 1.79 bits per heavy atom. The van der Waals surface area contributed by atoms with Gasteiger partial charge >= 0.3 is 0 Å². The first-order valence-corrected chi connectivity index (χ1v) is 22.3. The molecule has 338 valence electrons. The minimum atomic E-state index is -3.92. The molecule has 0 aliphatic carbocycles. The Labute approximate surface area is 417 Å². The number of imidazole rings is 1. The lowest BCUT2D eigenvalue weighted by Crippen LogP contribution is -2.18. The molecular formula is C62H69N3O. The molecule has 2 heterocycles. The molecule has 0 bridgehead atoms. The second kappa shape index (κ2) is 16.6. The summed E-state index contributed by atoms with van der Waals surface area (Å²) in [6, 6.07) is 25.7. The molecule has 4 heteroatoms. The molecule has 0 radical (unpaired) electrons. The van der Waals surface area contributed by atoms with Crippen LogP contribution in [0.3, 0.4) is 0 Å². The van der Waals surface area contributed by atoms with Crippen molar-refractivity contribution in [3.63, 3.8) is 0 Å². The Hall–Kier alpha value is -6.26. The average Bonchev–Trinajstić information content (AvgIpc) is 0.784. The molecule has 4 nitrogen and oxygen atoms in total. The topological polar surface area (TPSA) is 50.9 Å². The van der Waals surface area contributed by atoms with Gasteiger partial charge in [0.15, 0.2) is 0 Å². The molecule has 1 N–H and O–H groups in total. The van der Waals surface area contributed by atoms with Gasteiger partial charge in [0.1, 0.15) is 11.6 Å². The van der Waals surface area contributed by atoms with Gasteiger partial charge in [0, 0.05) is 35.2 Å². The van der Waals surface area contributed by atoms with E-state index in [1.165, 1.54) is 0 Å². The summed E-state index contributed by atoms with van der Waals surface area (Å²) in [4.78, 5) is 9.99. The zero-order chi connectivity index (χ0) is 61.3. The van der Waals surface area contributed by atoms with Crippen LogP contribution in [0.5, 0.6) is 5.75 Å². The van der Waals surface area contributed by atoms with Gasteiger partial charge in [-0.15, -0.1) is 0 Å². The molecule has 66 heavy (non-hydrogen) atoms. The maximum Gasteiger partial charge on any atom is 0.149 e. The standard InChI is InChI=1S/C62H69N3O/c1-58(2,3)45-27-24-40(25-28-45)42-30-31-63-52(36-42)44-32-43(33-46(34-44)59(4,5)6)48-22-19-23-54-55(48)64-57(49-37-47(60(7,8)9)38-51(56(49)66)62(13,14)15)65(54)53-29-26-41(35-50(53)61(10,11)12)39-20-17-16-18-21-39/h16-38,66H,1-15H3/i1D3,2D3,3D3,24D,25D,27D,28D,30D,31D,36D. The van der Waals surface area contributed by atoms with Crippen LogP contribution in [-0.2, 0) is 27.1 Å². The zero-order valence-corrected chi connectivity index (χ0v) is 40.0. The van der Waals surface area contributed by atoms with E-state index in [0.717, 1.165) is 39.1 Å². The van der Waals surface area contributed by atoms with E-state index in [0.29, 0.717) is 33.5 Å². The highest BCUT2D eigenvalue weighted by atomic mass is 16.3. The third-order valence-electron chi connectivity index (χ3n) is 12.1. The van der Waals surface area contributed by atoms with Crippen molar-refractivity contribution in [2.24, 2.45) is 0 Å². The molecule has 8 rings (SSSR count). The van der Waals surface area contributed by atoms with Crippen molar-refractivity contribution in [1.82, 2.24) is 14.5 Å². The molecule has 0 amide bonds. The first-order chi connectivity index (χ1) is 37.5. The maximum atomic E-state index is 12.6. The van der Waals surface area contributed by atoms with Gasteiger partial charge < -0.3 is 5.11 Å². The third-order valence-corrected chi connectivity index (χ3v) is 12.1. The number of para-hydroxylation sites is 1. The summed E-state index contributed by atoms with van der Waals surface area (Å²) in [6.07, 6.45) is -0.725. The number of benzene rings is 6. The van der Waals surface area contributed by atoms with Crippen LogP contribution in [0.25, 0.3) is 72.7 Å². The summed E-state index contributed by atoms with van der Waals surface area (Å²) in [5.74, 6) is 0.566. The van der Waals surface area contributed by atoms with Crippen LogP contribution in [0.1, 0.15) is 153 Å². The van der Waals surface area contributed by atoms with Gasteiger partial charge in [0.25, 0.3) is 0 Å². The summed E-state index contributed by atoms with van der Waals surface area (Å²) in [6.45, 7) is 13.2. The summed E-state index contributed by atoms with van der Waals surface area (Å²) in [5, 5.41) is 12.6. The molecule has 0 atom stereocenters. The predicted molar refractivity (Wildman–Crippen MR) is 281 cm³/mol. The monoisotopic (exact) mass is 888 g/mol. The van der Waals surface area contributed by atoms with Gasteiger partial charge in [-0.25, -0.2) is 4.98 Å². The van der Waals surface area contributed by atoms with Gasteiger partial charge in [0.05, 0.1) is 37.6 Å². The third kappa shape index (κ3) is 9.12. The number of nitrogens with zero attached hydrogens (tertiary/aromatic N) is 3. The van der Waals surface area contributed by atoms with Gasteiger partial charge in [-0.2, -0.15) is 0 Å². The van der Waals surface area contributed by atoms with Crippen molar-refractivity contribution < 1.29 is 27.0 Å². The molecule has 0 aliphatic rings. The molecule has 0 saturated carbocycles. The second-order valence-electron chi connectivity index (χ2n) is 21.5. The van der Waals surface area contributed by atoms with Gasteiger partial charge in [0.2, 0.25) is 0 Å². The minimum absolute atomic E-state index is 0.0882. The fourth-order valence-electron chi connectivity index (χ4n) is 8.27. The molecule has 0 saturated heterocycles. The zero-order valence-electron chi connectivity index (χ0n) is 56.0. The Balaban J connectivity index is 1.46. The fraction of sp³-hybridized carbons (Fsp3) is 0.323. The summed E-state index contributed by atoms with van der Waals surface area (Å²) >= 11 is 0. The van der Waals surface area contributed by atoms with E-state index in [1.54, 1.807) is 12.1 Å². The van der Waals surface area contributed by atoms with Crippen molar-refractivity contribution in [3.05, 3.63) is 167 Å². The summed E-state index contributed by atoms with van der Waals surface area (Å²) < 4.78 is 141. The molecule has 2 aromatic heterocycles. The molecule has 8 aromatic rings. The number of rotatable bonds is 6. The van der Waals surface area contributed by atoms with Crippen LogP contribution in [0, 0.1) is 0 Å². The molecule has 6 aromatic carbocycles. The minimum Gasteiger partial charge on any atom is -0.507 e. The lowest BCUT2D eigenvalue weighted by molar-refractivity contribution is 0.446. The van der Waals surface area contributed by atoms with E-state index in [4.69, 9.17) is 22.8 Å². The highest BCUT2D eigenvalue weighted by Gasteiger charge is 2.31. The molecule has 0 unspecified atom stereocenters. The molecule has 0 fully saturated rings. The Morgan fingerprint density at radius 2 is 1.15 bits per heavy atom. The molecular weight excluding hydrogens is 803 g/mol. The number of fused-ring (bicyclic) bond motifs is 1. The van der Waals surface area contributed by atoms with E-state index >= 15 is 0 Å². The van der Waals surface area contributed by atoms with E-state index in [-0.39, 0.29) is 22.4 Å². The van der Waals surface area contributed by atoms with Crippen molar-refractivity contribution in [2.75, 3.05) is 0 Å². The first kappa shape index (κ1) is 30.1. The Kier molecular flexibility index (Phi) is 7.56. The van der Waals surface area contributed by atoms with Crippen molar-refractivity contribution >= 4 is 11.0 Å². The van der Waals surface area contributed by atoms with Crippen LogP contribution in [-0.4, -0.2) is 19.6 Å². The first-order valence-electron chi connectivity index (χ1n) is 30.3. The Bertz CT molecular complexity index is 3780.